The zero-order valence-corrected chi connectivity index (χ0v) is 21.5. The van der Waals surface area contributed by atoms with Crippen molar-refractivity contribution in [2.24, 2.45) is 0 Å². The molecular weight excluding hydrogens is 474 g/mol. The summed E-state index contributed by atoms with van der Waals surface area (Å²) in [5, 5.41) is 8.75. The number of carbonyl (C=O) groups is 1. The van der Waals surface area contributed by atoms with Crippen molar-refractivity contribution in [2.75, 3.05) is 46.4 Å². The Balaban J connectivity index is 1.02. The van der Waals surface area contributed by atoms with Gasteiger partial charge in [-0.1, -0.05) is 35.5 Å². The summed E-state index contributed by atoms with van der Waals surface area (Å²) in [4.78, 5) is 20.4. The molecule has 0 atom stereocenters. The molecule has 1 aliphatic rings. The molecule has 9 heteroatoms. The third-order valence-corrected chi connectivity index (χ3v) is 7.57. The van der Waals surface area contributed by atoms with Gasteiger partial charge in [0, 0.05) is 55.4 Å². The van der Waals surface area contributed by atoms with Gasteiger partial charge in [0.15, 0.2) is 5.69 Å². The lowest BCUT2D eigenvalue weighted by Crippen LogP contribution is -2.49. The third kappa shape index (κ3) is 5.92. The Morgan fingerprint density at radius 1 is 1.06 bits per heavy atom. The summed E-state index contributed by atoms with van der Waals surface area (Å²) in [5.41, 5.74) is 2.11. The van der Waals surface area contributed by atoms with Crippen molar-refractivity contribution in [3.05, 3.63) is 76.4 Å². The highest BCUT2D eigenvalue weighted by Gasteiger charge is 2.25. The van der Waals surface area contributed by atoms with E-state index in [-0.39, 0.29) is 5.91 Å². The van der Waals surface area contributed by atoms with Gasteiger partial charge in [0.25, 0.3) is 5.91 Å². The highest BCUT2D eigenvalue weighted by atomic mass is 32.1. The normalized spacial score (nSPS) is 14.6. The van der Waals surface area contributed by atoms with Crippen molar-refractivity contribution in [1.29, 1.82) is 0 Å². The van der Waals surface area contributed by atoms with Crippen LogP contribution >= 0.6 is 11.3 Å². The van der Waals surface area contributed by atoms with Crippen molar-refractivity contribution in [3.63, 3.8) is 0 Å². The molecule has 0 saturated carbocycles. The molecule has 188 valence electrons. The van der Waals surface area contributed by atoms with Crippen LogP contribution in [0.5, 0.6) is 5.75 Å². The molecule has 2 aromatic heterocycles. The molecule has 0 unspecified atom stereocenters. The maximum absolute atomic E-state index is 12.5. The summed E-state index contributed by atoms with van der Waals surface area (Å²) in [7, 11) is 2.16. The lowest BCUT2D eigenvalue weighted by molar-refractivity contribution is 0.0609. The number of amides is 1. The summed E-state index contributed by atoms with van der Waals surface area (Å²) in [6.45, 7) is 7.94. The second-order valence-electron chi connectivity index (χ2n) is 9.25. The van der Waals surface area contributed by atoms with Gasteiger partial charge in [-0.3, -0.25) is 14.6 Å². The van der Waals surface area contributed by atoms with Gasteiger partial charge in [-0.2, -0.15) is 0 Å². The van der Waals surface area contributed by atoms with Crippen LogP contribution in [0.2, 0.25) is 0 Å². The largest absolute Gasteiger partial charge is 0.492 e. The maximum Gasteiger partial charge on any atom is 0.278 e. The van der Waals surface area contributed by atoms with Gasteiger partial charge in [0.1, 0.15) is 18.1 Å². The number of ether oxygens (including phenoxy) is 1. The number of hydrogen-bond donors (Lipinski definition) is 0. The van der Waals surface area contributed by atoms with Crippen molar-refractivity contribution in [1.82, 2.24) is 25.0 Å². The first-order valence-electron chi connectivity index (χ1n) is 12.2. The second kappa shape index (κ2) is 11.2. The molecule has 1 fully saturated rings. The maximum atomic E-state index is 12.5. The number of piperazine rings is 1. The summed E-state index contributed by atoms with van der Waals surface area (Å²) in [5.74, 6) is 0.771. The van der Waals surface area contributed by atoms with E-state index in [2.05, 4.69) is 74.3 Å². The van der Waals surface area contributed by atoms with E-state index in [9.17, 15) is 4.79 Å². The van der Waals surface area contributed by atoms with Gasteiger partial charge in [0.05, 0.1) is 0 Å². The van der Waals surface area contributed by atoms with Crippen LogP contribution < -0.4 is 4.74 Å². The Hall–Kier alpha value is -3.27. The number of benzene rings is 2. The molecule has 2 aromatic carbocycles. The summed E-state index contributed by atoms with van der Waals surface area (Å²) >= 11 is 1.87. The van der Waals surface area contributed by atoms with Crippen LogP contribution in [0.1, 0.15) is 26.6 Å². The lowest BCUT2D eigenvalue weighted by atomic mass is 10.2. The average molecular weight is 506 g/mol. The monoisotopic (exact) mass is 505 g/mol. The topological polar surface area (TPSA) is 74.9 Å². The van der Waals surface area contributed by atoms with Crippen molar-refractivity contribution in [3.8, 4) is 5.75 Å². The van der Waals surface area contributed by atoms with Crippen LogP contribution in [0.15, 0.2) is 59.2 Å². The molecule has 5 rings (SSSR count). The van der Waals surface area contributed by atoms with E-state index in [0.29, 0.717) is 31.1 Å². The van der Waals surface area contributed by atoms with E-state index >= 15 is 0 Å². The fourth-order valence-electron chi connectivity index (χ4n) is 4.48. The van der Waals surface area contributed by atoms with Crippen LogP contribution in [0, 0.1) is 6.92 Å². The summed E-state index contributed by atoms with van der Waals surface area (Å²) < 4.78 is 12.0. The number of hydrogen-bond acceptors (Lipinski definition) is 8. The number of aryl methyl sites for hydroxylation is 1. The molecule has 36 heavy (non-hydrogen) atoms. The van der Waals surface area contributed by atoms with Crippen LogP contribution in [0.4, 0.5) is 0 Å². The highest BCUT2D eigenvalue weighted by molar-refractivity contribution is 7.19. The Bertz CT molecular complexity index is 1260. The van der Waals surface area contributed by atoms with E-state index in [4.69, 9.17) is 4.74 Å². The molecule has 0 N–H and O–H groups in total. The Kier molecular flexibility index (Phi) is 7.60. The fraction of sp³-hybridized carbons (Fsp3) is 0.370. The predicted octanol–water partition coefficient (Wildman–Crippen LogP) is 4.06. The second-order valence-corrected chi connectivity index (χ2v) is 10.4. The smallest absolute Gasteiger partial charge is 0.278 e. The van der Waals surface area contributed by atoms with Gasteiger partial charge < -0.3 is 9.64 Å². The summed E-state index contributed by atoms with van der Waals surface area (Å²) in [6.07, 6.45) is 0. The van der Waals surface area contributed by atoms with E-state index in [1.165, 1.54) is 20.5 Å². The average Bonchev–Trinajstić information content (AvgIpc) is 3.50. The first-order chi connectivity index (χ1) is 17.5. The van der Waals surface area contributed by atoms with E-state index in [1.54, 1.807) is 11.8 Å². The molecule has 1 aliphatic heterocycles. The van der Waals surface area contributed by atoms with Crippen molar-refractivity contribution >= 4 is 27.3 Å². The number of fused-ring (bicyclic) bond motifs is 1. The number of nitrogens with zero attached hydrogens (tertiary/aromatic N) is 5. The minimum Gasteiger partial charge on any atom is -0.492 e. The van der Waals surface area contributed by atoms with Crippen molar-refractivity contribution < 1.29 is 14.2 Å². The van der Waals surface area contributed by atoms with Gasteiger partial charge in [-0.25, -0.2) is 4.63 Å². The minimum absolute atomic E-state index is 0.112. The lowest BCUT2D eigenvalue weighted by Gasteiger charge is -2.34. The number of aromatic nitrogens is 2. The van der Waals surface area contributed by atoms with Gasteiger partial charge in [-0.15, -0.1) is 11.3 Å². The molecular formula is C27H31N5O3S. The first kappa shape index (κ1) is 24.4. The number of rotatable bonds is 9. The summed E-state index contributed by atoms with van der Waals surface area (Å²) in [6, 6.07) is 19.2. The van der Waals surface area contributed by atoms with Crippen LogP contribution in [-0.4, -0.2) is 77.3 Å². The van der Waals surface area contributed by atoms with E-state index < -0.39 is 0 Å². The molecule has 0 aliphatic carbocycles. The minimum atomic E-state index is -0.112. The quantitative estimate of drug-likeness (QED) is 0.340. The zero-order chi connectivity index (χ0) is 24.9. The zero-order valence-electron chi connectivity index (χ0n) is 20.7. The molecule has 8 nitrogen and oxygen atoms in total. The number of thiophene rings is 1. The van der Waals surface area contributed by atoms with E-state index in [1.807, 2.05) is 23.5 Å². The molecule has 0 spiro atoms. The SMILES string of the molecule is Cc1nonc1C(=O)N1CCN(CCOc2ccc(CN(C)Cc3cc4ccccc4s3)cc2)CC1. The standard InChI is InChI=1S/C27H31N5O3S/c1-20-26(29-35-28-20)27(33)32-13-11-31(12-14-32)15-16-34-23-9-7-21(8-10-23)18-30(2)19-24-17-22-5-3-4-6-25(22)36-24/h3-10,17H,11-16,18-19H2,1-2H3. The Labute approximate surface area is 215 Å². The van der Waals surface area contributed by atoms with Gasteiger partial charge in [0.2, 0.25) is 0 Å². The third-order valence-electron chi connectivity index (χ3n) is 6.47. The Morgan fingerprint density at radius 2 is 1.83 bits per heavy atom. The van der Waals surface area contributed by atoms with E-state index in [0.717, 1.165) is 38.5 Å². The Morgan fingerprint density at radius 3 is 2.56 bits per heavy atom. The molecule has 0 bridgehead atoms. The van der Waals surface area contributed by atoms with Crippen molar-refractivity contribution in [2.45, 2.75) is 20.0 Å². The molecule has 4 aromatic rings. The first-order valence-corrected chi connectivity index (χ1v) is 13.1. The predicted molar refractivity (Wildman–Crippen MR) is 140 cm³/mol. The number of carbonyl (C=O) groups excluding carboxylic acids is 1. The molecule has 0 radical (unpaired) electrons. The molecule has 1 saturated heterocycles. The van der Waals surface area contributed by atoms with Gasteiger partial charge >= 0.3 is 0 Å². The molecule has 3 heterocycles. The van der Waals surface area contributed by atoms with Crippen LogP contribution in [0.3, 0.4) is 0 Å². The fourth-order valence-corrected chi connectivity index (χ4v) is 5.63. The van der Waals surface area contributed by atoms with Crippen LogP contribution in [-0.2, 0) is 13.1 Å². The van der Waals surface area contributed by atoms with Gasteiger partial charge in [-0.05, 0) is 54.3 Å². The molecule has 1 amide bonds. The van der Waals surface area contributed by atoms with Crippen LogP contribution in [0.25, 0.3) is 10.1 Å². The highest BCUT2D eigenvalue weighted by Crippen LogP contribution is 2.26.